The maximum atomic E-state index is 13.4. The Labute approximate surface area is 188 Å². The lowest BCUT2D eigenvalue weighted by Crippen LogP contribution is -2.30. The number of hydrogen-bond acceptors (Lipinski definition) is 4. The van der Waals surface area contributed by atoms with Gasteiger partial charge in [-0.3, -0.25) is 4.79 Å². The number of thioether (sulfide) groups is 1. The number of carbonyl (C=O) groups excluding carboxylic acids is 1. The Morgan fingerprint density at radius 3 is 2.29 bits per heavy atom. The fraction of sp³-hybridized carbons (Fsp3) is 0.208. The lowest BCUT2D eigenvalue weighted by molar-refractivity contribution is -0.114. The quantitative estimate of drug-likeness (QED) is 0.490. The molecule has 3 aromatic rings. The molecule has 0 aliphatic carbocycles. The Morgan fingerprint density at radius 1 is 0.968 bits per heavy atom. The van der Waals surface area contributed by atoms with Gasteiger partial charge in [-0.2, -0.15) is 4.72 Å². The molecule has 0 saturated carbocycles. The van der Waals surface area contributed by atoms with Crippen LogP contribution in [0, 0.1) is 13.8 Å². The van der Waals surface area contributed by atoms with E-state index in [0.29, 0.717) is 5.69 Å². The van der Waals surface area contributed by atoms with E-state index in [1.54, 1.807) is 12.1 Å². The van der Waals surface area contributed by atoms with Crippen molar-refractivity contribution in [3.63, 3.8) is 0 Å². The fourth-order valence-electron chi connectivity index (χ4n) is 3.47. The predicted octanol–water partition coefficient (Wildman–Crippen LogP) is 5.05. The van der Waals surface area contributed by atoms with Crippen molar-refractivity contribution in [2.75, 3.05) is 11.6 Å². The summed E-state index contributed by atoms with van der Waals surface area (Å²) in [6, 6.07) is 19.7. The van der Waals surface area contributed by atoms with E-state index in [1.165, 1.54) is 24.8 Å². The van der Waals surface area contributed by atoms with E-state index >= 15 is 0 Å². The largest absolute Gasteiger partial charge is 0.325 e. The van der Waals surface area contributed by atoms with Gasteiger partial charge in [-0.05, 0) is 55.0 Å². The van der Waals surface area contributed by atoms with Gasteiger partial charge in [0, 0.05) is 11.8 Å². The third-order valence-electron chi connectivity index (χ3n) is 4.93. The van der Waals surface area contributed by atoms with E-state index < -0.39 is 16.1 Å². The first-order valence-electron chi connectivity index (χ1n) is 9.81. The molecule has 0 saturated heterocycles. The van der Waals surface area contributed by atoms with E-state index in [4.69, 9.17) is 0 Å². The summed E-state index contributed by atoms with van der Waals surface area (Å²) in [6.45, 7) is 5.39. The zero-order chi connectivity index (χ0) is 22.6. The molecule has 1 unspecified atom stereocenters. The molecule has 3 aromatic carbocycles. The molecule has 0 radical (unpaired) electrons. The van der Waals surface area contributed by atoms with Gasteiger partial charge < -0.3 is 5.32 Å². The molecule has 0 aliphatic heterocycles. The Bertz CT molecular complexity index is 1190. The molecule has 0 aromatic heterocycles. The highest BCUT2D eigenvalue weighted by atomic mass is 32.2. The zero-order valence-electron chi connectivity index (χ0n) is 18.0. The smallest absolute Gasteiger partial charge is 0.241 e. The van der Waals surface area contributed by atoms with E-state index in [9.17, 15) is 13.2 Å². The molecule has 5 nitrogen and oxygen atoms in total. The monoisotopic (exact) mass is 454 g/mol. The van der Waals surface area contributed by atoms with Crippen LogP contribution in [0.5, 0.6) is 0 Å². The van der Waals surface area contributed by atoms with Crippen LogP contribution in [-0.2, 0) is 14.8 Å². The molecule has 0 bridgehead atoms. The maximum Gasteiger partial charge on any atom is 0.241 e. The summed E-state index contributed by atoms with van der Waals surface area (Å²) in [5.74, 6) is -0.254. The van der Waals surface area contributed by atoms with Gasteiger partial charge in [0.15, 0.2) is 0 Å². The SMILES string of the molecule is CSc1ccc(S(=O)(=O)NC(c2ccccc2)c2ccc(C)cc2C)cc1NC(C)=O. The van der Waals surface area contributed by atoms with Gasteiger partial charge >= 0.3 is 0 Å². The van der Waals surface area contributed by atoms with Crippen molar-refractivity contribution in [2.45, 2.75) is 36.6 Å². The predicted molar refractivity (Wildman–Crippen MR) is 127 cm³/mol. The molecule has 0 fully saturated rings. The van der Waals surface area contributed by atoms with E-state index in [2.05, 4.69) is 10.0 Å². The normalized spacial score (nSPS) is 12.4. The van der Waals surface area contributed by atoms with Crippen molar-refractivity contribution in [3.8, 4) is 0 Å². The maximum absolute atomic E-state index is 13.4. The molecule has 1 atom stereocenters. The van der Waals surface area contributed by atoms with Crippen LogP contribution in [0.4, 0.5) is 5.69 Å². The Balaban J connectivity index is 2.05. The molecule has 3 rings (SSSR count). The Kier molecular flexibility index (Phi) is 7.20. The highest BCUT2D eigenvalue weighted by Gasteiger charge is 2.25. The van der Waals surface area contributed by atoms with Gasteiger partial charge in [-0.15, -0.1) is 11.8 Å². The highest BCUT2D eigenvalue weighted by Crippen LogP contribution is 2.31. The van der Waals surface area contributed by atoms with Crippen LogP contribution < -0.4 is 10.0 Å². The second-order valence-corrected chi connectivity index (χ2v) is 9.93. The topological polar surface area (TPSA) is 75.3 Å². The second kappa shape index (κ2) is 9.68. The number of anilines is 1. The molecule has 7 heteroatoms. The zero-order valence-corrected chi connectivity index (χ0v) is 19.6. The van der Waals surface area contributed by atoms with E-state index in [0.717, 1.165) is 27.1 Å². The molecule has 0 aliphatic rings. The molecule has 0 spiro atoms. The number of amides is 1. The van der Waals surface area contributed by atoms with Crippen molar-refractivity contribution in [3.05, 3.63) is 89.0 Å². The van der Waals surface area contributed by atoms with Gasteiger partial charge in [0.05, 0.1) is 16.6 Å². The number of rotatable bonds is 7. The Hall–Kier alpha value is -2.61. The average Bonchev–Trinajstić information content (AvgIpc) is 2.72. The van der Waals surface area contributed by atoms with Gasteiger partial charge in [-0.25, -0.2) is 8.42 Å². The van der Waals surface area contributed by atoms with Crippen LogP contribution >= 0.6 is 11.8 Å². The van der Waals surface area contributed by atoms with Crippen LogP contribution in [0.1, 0.15) is 35.2 Å². The minimum atomic E-state index is -3.88. The lowest BCUT2D eigenvalue weighted by Gasteiger charge is -2.22. The first-order chi connectivity index (χ1) is 14.7. The van der Waals surface area contributed by atoms with Gasteiger partial charge in [0.25, 0.3) is 0 Å². The third-order valence-corrected chi connectivity index (χ3v) is 7.15. The van der Waals surface area contributed by atoms with E-state index in [1.807, 2.05) is 68.6 Å². The average molecular weight is 455 g/mol. The number of aryl methyl sites for hydroxylation is 2. The standard InChI is InChI=1S/C24H26N2O3S2/c1-16-10-12-21(17(2)14-16)24(19-8-6-5-7-9-19)26-31(28,29)20-11-13-23(30-4)22(15-20)25-18(3)27/h5-15,24,26H,1-4H3,(H,25,27). The summed E-state index contributed by atoms with van der Waals surface area (Å²) >= 11 is 1.44. The van der Waals surface area contributed by atoms with Crippen molar-refractivity contribution < 1.29 is 13.2 Å². The van der Waals surface area contributed by atoms with Crippen LogP contribution in [0.2, 0.25) is 0 Å². The van der Waals surface area contributed by atoms with Crippen molar-refractivity contribution in [2.24, 2.45) is 0 Å². The first-order valence-corrected chi connectivity index (χ1v) is 12.5. The molecule has 162 valence electrons. The molecular weight excluding hydrogens is 428 g/mol. The summed E-state index contributed by atoms with van der Waals surface area (Å²) in [7, 11) is -3.88. The summed E-state index contributed by atoms with van der Waals surface area (Å²) in [6.07, 6.45) is 1.87. The van der Waals surface area contributed by atoms with E-state index in [-0.39, 0.29) is 10.8 Å². The minimum absolute atomic E-state index is 0.0970. The van der Waals surface area contributed by atoms with Gasteiger partial charge in [0.1, 0.15) is 0 Å². The van der Waals surface area contributed by atoms with Crippen molar-refractivity contribution in [1.29, 1.82) is 0 Å². The van der Waals surface area contributed by atoms with Crippen LogP contribution in [0.3, 0.4) is 0 Å². The third kappa shape index (κ3) is 5.55. The van der Waals surface area contributed by atoms with Crippen LogP contribution in [-0.4, -0.2) is 20.6 Å². The number of hydrogen-bond donors (Lipinski definition) is 2. The van der Waals surface area contributed by atoms with Crippen LogP contribution in [0.15, 0.2) is 76.5 Å². The van der Waals surface area contributed by atoms with Crippen LogP contribution in [0.25, 0.3) is 0 Å². The molecule has 1 amide bonds. The minimum Gasteiger partial charge on any atom is -0.325 e. The molecule has 2 N–H and O–H groups in total. The number of carbonyl (C=O) groups is 1. The summed E-state index contributed by atoms with van der Waals surface area (Å²) < 4.78 is 29.6. The molecule has 31 heavy (non-hydrogen) atoms. The molecule has 0 heterocycles. The fourth-order valence-corrected chi connectivity index (χ4v) is 5.23. The first kappa shape index (κ1) is 23.1. The number of benzene rings is 3. The summed E-state index contributed by atoms with van der Waals surface area (Å²) in [5, 5.41) is 2.72. The van der Waals surface area contributed by atoms with Crippen molar-refractivity contribution in [1.82, 2.24) is 4.72 Å². The van der Waals surface area contributed by atoms with Gasteiger partial charge in [0.2, 0.25) is 15.9 Å². The lowest BCUT2D eigenvalue weighted by atomic mass is 9.95. The Morgan fingerprint density at radius 2 is 1.68 bits per heavy atom. The summed E-state index contributed by atoms with van der Waals surface area (Å²) in [5.41, 5.74) is 4.34. The number of sulfonamides is 1. The number of nitrogens with one attached hydrogen (secondary N) is 2. The van der Waals surface area contributed by atoms with Gasteiger partial charge in [-0.1, -0.05) is 54.1 Å². The highest BCUT2D eigenvalue weighted by molar-refractivity contribution is 7.98. The summed E-state index contributed by atoms with van der Waals surface area (Å²) in [4.78, 5) is 12.5. The molecular formula is C24H26N2O3S2. The second-order valence-electron chi connectivity index (χ2n) is 7.37. The van der Waals surface area contributed by atoms with Crippen molar-refractivity contribution >= 4 is 33.4 Å².